The van der Waals surface area contributed by atoms with Crippen molar-refractivity contribution in [1.82, 2.24) is 9.78 Å². The molecule has 0 radical (unpaired) electrons. The van der Waals surface area contributed by atoms with Crippen LogP contribution in [0.25, 0.3) is 0 Å². The molecule has 4 heteroatoms. The van der Waals surface area contributed by atoms with Crippen molar-refractivity contribution < 1.29 is 0 Å². The molecule has 0 unspecified atom stereocenters. The zero-order valence-corrected chi connectivity index (χ0v) is 10.2. The Kier molecular flexibility index (Phi) is 3.04. The molecule has 3 N–H and O–H groups in total. The highest BCUT2D eigenvalue weighted by atomic mass is 16.1. The van der Waals surface area contributed by atoms with Gasteiger partial charge in [-0.1, -0.05) is 36.8 Å². The third-order valence-corrected chi connectivity index (χ3v) is 2.85. The summed E-state index contributed by atoms with van der Waals surface area (Å²) in [5, 5.41) is 3.05. The van der Waals surface area contributed by atoms with Gasteiger partial charge in [0.25, 0.3) is 5.56 Å². The number of hydrogen-bond acceptors (Lipinski definition) is 2. The van der Waals surface area contributed by atoms with Gasteiger partial charge in [-0.05, 0) is 18.9 Å². The van der Waals surface area contributed by atoms with Crippen LogP contribution in [0.1, 0.15) is 23.7 Å². The molecular weight excluding hydrogens is 214 g/mol. The zero-order valence-electron chi connectivity index (χ0n) is 10.2. The normalized spacial score (nSPS) is 10.7. The summed E-state index contributed by atoms with van der Waals surface area (Å²) in [5.74, 6) is 0. The third kappa shape index (κ3) is 2.25. The fourth-order valence-corrected chi connectivity index (χ4v) is 1.92. The fourth-order valence-electron chi connectivity index (χ4n) is 1.92. The summed E-state index contributed by atoms with van der Waals surface area (Å²) in [6, 6.07) is 8.09. The summed E-state index contributed by atoms with van der Waals surface area (Å²) in [6.45, 7) is 4.54. The van der Waals surface area contributed by atoms with E-state index in [1.165, 1.54) is 5.56 Å². The Morgan fingerprint density at radius 1 is 1.41 bits per heavy atom. The number of aromatic nitrogens is 2. The number of nitrogens with two attached hydrogens (primary N) is 1. The van der Waals surface area contributed by atoms with Gasteiger partial charge in [0.05, 0.1) is 12.2 Å². The van der Waals surface area contributed by atoms with Gasteiger partial charge < -0.3 is 5.73 Å². The number of benzene rings is 1. The molecule has 0 fully saturated rings. The molecule has 0 aliphatic rings. The summed E-state index contributed by atoms with van der Waals surface area (Å²) in [4.78, 5) is 11.8. The third-order valence-electron chi connectivity index (χ3n) is 2.85. The molecule has 2 aromatic rings. The van der Waals surface area contributed by atoms with Gasteiger partial charge in [0.15, 0.2) is 0 Å². The lowest BCUT2D eigenvalue weighted by molar-refractivity contribution is 0.652. The van der Waals surface area contributed by atoms with Crippen molar-refractivity contribution in [1.29, 1.82) is 0 Å². The number of H-pyrrole nitrogens is 1. The van der Waals surface area contributed by atoms with E-state index in [9.17, 15) is 4.79 Å². The van der Waals surface area contributed by atoms with Crippen LogP contribution >= 0.6 is 0 Å². The van der Waals surface area contributed by atoms with Crippen LogP contribution in [0.2, 0.25) is 0 Å². The van der Waals surface area contributed by atoms with Gasteiger partial charge in [-0.15, -0.1) is 0 Å². The summed E-state index contributed by atoms with van der Waals surface area (Å²) in [6.07, 6.45) is 0.738. The lowest BCUT2D eigenvalue weighted by Gasteiger charge is -2.03. The van der Waals surface area contributed by atoms with Gasteiger partial charge in [0.2, 0.25) is 0 Å². The predicted octanol–water partition coefficient (Wildman–Crippen LogP) is 1.68. The fraction of sp³-hybridized carbons (Fsp3) is 0.308. The van der Waals surface area contributed by atoms with Gasteiger partial charge in [0.1, 0.15) is 5.69 Å². The molecule has 1 heterocycles. The summed E-state index contributed by atoms with van der Waals surface area (Å²) in [5.41, 5.74) is 9.02. The predicted molar refractivity (Wildman–Crippen MR) is 69.1 cm³/mol. The zero-order chi connectivity index (χ0) is 12.4. The number of rotatable bonds is 3. The number of nitrogens with one attached hydrogen (secondary N) is 1. The molecule has 0 amide bonds. The highest BCUT2D eigenvalue weighted by Crippen LogP contribution is 2.08. The van der Waals surface area contributed by atoms with Crippen molar-refractivity contribution in [3.05, 3.63) is 51.4 Å². The number of nitrogens with zero attached hydrogens (tertiary/aromatic N) is 1. The van der Waals surface area contributed by atoms with E-state index in [0.717, 1.165) is 17.7 Å². The lowest BCUT2D eigenvalue weighted by Crippen LogP contribution is -2.19. The van der Waals surface area contributed by atoms with E-state index in [4.69, 9.17) is 5.73 Å². The van der Waals surface area contributed by atoms with Gasteiger partial charge in [-0.2, -0.15) is 0 Å². The van der Waals surface area contributed by atoms with Gasteiger partial charge in [-0.25, -0.2) is 4.68 Å². The Morgan fingerprint density at radius 2 is 2.18 bits per heavy atom. The molecule has 1 aromatic carbocycles. The second kappa shape index (κ2) is 4.49. The molecule has 0 spiro atoms. The molecular formula is C13H17N3O. The van der Waals surface area contributed by atoms with Crippen LogP contribution in [0.5, 0.6) is 0 Å². The van der Waals surface area contributed by atoms with Crippen molar-refractivity contribution in [2.45, 2.75) is 26.8 Å². The van der Waals surface area contributed by atoms with Crippen LogP contribution in [0, 0.1) is 6.92 Å². The van der Waals surface area contributed by atoms with E-state index >= 15 is 0 Å². The van der Waals surface area contributed by atoms with Gasteiger partial charge >= 0.3 is 0 Å². The molecule has 1 aromatic heterocycles. The Hall–Kier alpha value is -1.97. The maximum absolute atomic E-state index is 11.8. The molecule has 0 atom stereocenters. The Bertz CT molecular complexity index is 581. The smallest absolute Gasteiger partial charge is 0.290 e. The minimum Gasteiger partial charge on any atom is -0.393 e. The SMILES string of the molecule is CCc1[nH]n(Cc2cccc(C)c2)c(=O)c1N. The highest BCUT2D eigenvalue weighted by molar-refractivity contribution is 5.40. The molecule has 4 nitrogen and oxygen atoms in total. The van der Waals surface area contributed by atoms with E-state index in [-0.39, 0.29) is 5.56 Å². The molecule has 0 saturated heterocycles. The quantitative estimate of drug-likeness (QED) is 0.844. The monoisotopic (exact) mass is 231 g/mol. The number of aryl methyl sites for hydroxylation is 2. The average Bonchev–Trinajstić information content (AvgIpc) is 2.57. The summed E-state index contributed by atoms with van der Waals surface area (Å²) in [7, 11) is 0. The first-order valence-electron chi connectivity index (χ1n) is 5.74. The standard InChI is InChI=1S/C13H17N3O/c1-3-11-12(14)13(17)16(15-11)8-10-6-4-5-9(2)7-10/h4-7,15H,3,8,14H2,1-2H3. The van der Waals surface area contributed by atoms with Crippen molar-refractivity contribution in [2.24, 2.45) is 0 Å². The average molecular weight is 231 g/mol. The van der Waals surface area contributed by atoms with E-state index in [2.05, 4.69) is 11.2 Å². The summed E-state index contributed by atoms with van der Waals surface area (Å²) >= 11 is 0. The van der Waals surface area contributed by atoms with E-state index < -0.39 is 0 Å². The number of anilines is 1. The Morgan fingerprint density at radius 3 is 2.76 bits per heavy atom. The lowest BCUT2D eigenvalue weighted by atomic mass is 10.1. The van der Waals surface area contributed by atoms with Crippen molar-refractivity contribution in [3.8, 4) is 0 Å². The van der Waals surface area contributed by atoms with Gasteiger partial charge in [0, 0.05) is 0 Å². The molecule has 90 valence electrons. The minimum atomic E-state index is -0.136. The topological polar surface area (TPSA) is 63.8 Å². The van der Waals surface area contributed by atoms with E-state index in [1.54, 1.807) is 4.68 Å². The number of hydrogen-bond donors (Lipinski definition) is 2. The first kappa shape index (κ1) is 11.5. The van der Waals surface area contributed by atoms with Crippen molar-refractivity contribution >= 4 is 5.69 Å². The largest absolute Gasteiger partial charge is 0.393 e. The molecule has 0 aliphatic heterocycles. The molecule has 17 heavy (non-hydrogen) atoms. The van der Waals surface area contributed by atoms with Gasteiger partial charge in [-0.3, -0.25) is 9.89 Å². The maximum Gasteiger partial charge on any atom is 0.290 e. The first-order chi connectivity index (χ1) is 8.11. The van der Waals surface area contributed by atoms with Crippen LogP contribution in [0.15, 0.2) is 29.1 Å². The second-order valence-corrected chi connectivity index (χ2v) is 4.24. The molecule has 0 saturated carbocycles. The highest BCUT2D eigenvalue weighted by Gasteiger charge is 2.09. The summed E-state index contributed by atoms with van der Waals surface area (Å²) < 4.78 is 1.56. The molecule has 2 rings (SSSR count). The van der Waals surface area contributed by atoms with E-state index in [0.29, 0.717) is 12.2 Å². The van der Waals surface area contributed by atoms with Crippen LogP contribution < -0.4 is 11.3 Å². The maximum atomic E-state index is 11.8. The van der Waals surface area contributed by atoms with Crippen LogP contribution in [-0.2, 0) is 13.0 Å². The Balaban J connectivity index is 2.34. The minimum absolute atomic E-state index is 0.136. The molecule has 0 aliphatic carbocycles. The van der Waals surface area contributed by atoms with Crippen molar-refractivity contribution in [2.75, 3.05) is 5.73 Å². The number of nitrogen functional groups attached to an aromatic ring is 1. The van der Waals surface area contributed by atoms with Crippen LogP contribution in [0.4, 0.5) is 5.69 Å². The first-order valence-corrected chi connectivity index (χ1v) is 5.74. The van der Waals surface area contributed by atoms with Crippen molar-refractivity contribution in [3.63, 3.8) is 0 Å². The Labute approximate surface area is 100 Å². The van der Waals surface area contributed by atoms with E-state index in [1.807, 2.05) is 32.0 Å². The molecule has 0 bridgehead atoms. The van der Waals surface area contributed by atoms with Crippen LogP contribution in [-0.4, -0.2) is 9.78 Å². The van der Waals surface area contributed by atoms with Crippen LogP contribution in [0.3, 0.4) is 0 Å². The number of aromatic amines is 1. The second-order valence-electron chi connectivity index (χ2n) is 4.24.